The fourth-order valence-corrected chi connectivity index (χ4v) is 2.23. The number of hydrogen-bond acceptors (Lipinski definition) is 3. The zero-order chi connectivity index (χ0) is 13.2. The molecule has 18 heavy (non-hydrogen) atoms. The number of rotatable bonds is 2. The van der Waals surface area contributed by atoms with E-state index in [9.17, 15) is 4.79 Å². The summed E-state index contributed by atoms with van der Waals surface area (Å²) in [5.74, 6) is -0.00943. The second-order valence-electron chi connectivity index (χ2n) is 4.96. The maximum Gasteiger partial charge on any atom is 0.272 e. The molecule has 0 atom stereocenters. The maximum atomic E-state index is 12.2. The lowest BCUT2D eigenvalue weighted by Gasteiger charge is -2.39. The predicted molar refractivity (Wildman–Crippen MR) is 71.8 cm³/mol. The minimum absolute atomic E-state index is 0.00943. The molecule has 1 aromatic rings. The molecule has 0 aliphatic carbocycles. The first-order chi connectivity index (χ1) is 8.54. The maximum absolute atomic E-state index is 12.2. The van der Waals surface area contributed by atoms with E-state index in [-0.39, 0.29) is 11.4 Å². The second kappa shape index (κ2) is 5.24. The van der Waals surface area contributed by atoms with Crippen molar-refractivity contribution in [3.63, 3.8) is 0 Å². The molecule has 98 valence electrons. The lowest BCUT2D eigenvalue weighted by atomic mass is 9.90. The van der Waals surface area contributed by atoms with Gasteiger partial charge in [-0.25, -0.2) is 4.98 Å². The molecule has 4 nitrogen and oxygen atoms in total. The van der Waals surface area contributed by atoms with Gasteiger partial charge < -0.3 is 10.2 Å². The quantitative estimate of drug-likeness (QED) is 0.891. The van der Waals surface area contributed by atoms with Gasteiger partial charge in [-0.15, -0.1) is 0 Å². The van der Waals surface area contributed by atoms with E-state index < -0.39 is 0 Å². The summed E-state index contributed by atoms with van der Waals surface area (Å²) in [6, 6.07) is 3.37. The zero-order valence-corrected chi connectivity index (χ0v) is 11.5. The van der Waals surface area contributed by atoms with Gasteiger partial charge in [0.25, 0.3) is 5.91 Å². The number of pyridine rings is 1. The number of carbonyl (C=O) groups is 1. The van der Waals surface area contributed by atoms with Crippen LogP contribution in [0.15, 0.2) is 18.3 Å². The Morgan fingerprint density at radius 3 is 2.61 bits per heavy atom. The summed E-state index contributed by atoms with van der Waals surface area (Å²) < 4.78 is 0. The lowest BCUT2D eigenvalue weighted by molar-refractivity contribution is 0.0656. The van der Waals surface area contributed by atoms with Gasteiger partial charge in [0.05, 0.1) is 5.02 Å². The van der Waals surface area contributed by atoms with E-state index >= 15 is 0 Å². The van der Waals surface area contributed by atoms with E-state index in [2.05, 4.69) is 17.2 Å². The summed E-state index contributed by atoms with van der Waals surface area (Å²) in [5.41, 5.74) is 0.608. The van der Waals surface area contributed by atoms with Crippen molar-refractivity contribution in [2.24, 2.45) is 0 Å². The van der Waals surface area contributed by atoms with E-state index in [1.807, 2.05) is 11.9 Å². The summed E-state index contributed by atoms with van der Waals surface area (Å²) in [7, 11) is 1.97. The predicted octanol–water partition coefficient (Wildman–Crippen LogP) is 1.95. The molecule has 0 spiro atoms. The first kappa shape index (κ1) is 13.3. The van der Waals surface area contributed by atoms with Gasteiger partial charge in [-0.05, 0) is 38.9 Å². The van der Waals surface area contributed by atoms with E-state index in [0.717, 1.165) is 25.9 Å². The topological polar surface area (TPSA) is 45.2 Å². The smallest absolute Gasteiger partial charge is 0.272 e. The molecular formula is C13H18ClN3O. The van der Waals surface area contributed by atoms with Crippen LogP contribution in [0.5, 0.6) is 0 Å². The molecule has 1 fully saturated rings. The normalized spacial score (nSPS) is 18.7. The van der Waals surface area contributed by atoms with Crippen LogP contribution in [0.4, 0.5) is 0 Å². The molecule has 1 N–H and O–H groups in total. The Hall–Kier alpha value is -1.13. The molecule has 1 aliphatic heterocycles. The van der Waals surface area contributed by atoms with Crippen LogP contribution in [0.2, 0.25) is 5.02 Å². The Labute approximate surface area is 112 Å². The highest BCUT2D eigenvalue weighted by atomic mass is 35.5. The van der Waals surface area contributed by atoms with Gasteiger partial charge in [0.1, 0.15) is 5.69 Å². The van der Waals surface area contributed by atoms with Crippen LogP contribution in [-0.4, -0.2) is 41.5 Å². The van der Waals surface area contributed by atoms with Crippen LogP contribution in [0.3, 0.4) is 0 Å². The molecule has 1 saturated heterocycles. The van der Waals surface area contributed by atoms with Crippen molar-refractivity contribution in [2.75, 3.05) is 20.1 Å². The van der Waals surface area contributed by atoms with Crippen molar-refractivity contribution < 1.29 is 4.79 Å². The molecule has 0 aromatic carbocycles. The number of likely N-dealkylation sites (tertiary alicyclic amines) is 1. The Morgan fingerprint density at radius 2 is 2.11 bits per heavy atom. The van der Waals surface area contributed by atoms with Crippen LogP contribution >= 0.6 is 11.6 Å². The molecular weight excluding hydrogens is 250 g/mol. The summed E-state index contributed by atoms with van der Waals surface area (Å²) in [6.45, 7) is 3.72. The third-order valence-corrected chi connectivity index (χ3v) is 3.93. The largest absolute Gasteiger partial charge is 0.337 e. The summed E-state index contributed by atoms with van der Waals surface area (Å²) >= 11 is 5.76. The highest BCUT2D eigenvalue weighted by Gasteiger charge is 2.30. The van der Waals surface area contributed by atoms with E-state index in [4.69, 9.17) is 11.6 Å². The van der Waals surface area contributed by atoms with Crippen LogP contribution in [0, 0.1) is 0 Å². The number of halogens is 1. The van der Waals surface area contributed by atoms with Crippen molar-refractivity contribution in [3.05, 3.63) is 29.0 Å². The summed E-state index contributed by atoms with van der Waals surface area (Å²) in [5, 5.41) is 3.86. The van der Waals surface area contributed by atoms with Gasteiger partial charge in [0.15, 0.2) is 0 Å². The molecule has 5 heteroatoms. The van der Waals surface area contributed by atoms with Gasteiger partial charge in [0, 0.05) is 24.8 Å². The molecule has 1 aliphatic rings. The van der Waals surface area contributed by atoms with E-state index in [0.29, 0.717) is 10.7 Å². The fraction of sp³-hybridized carbons (Fsp3) is 0.538. The SMILES string of the molecule is CNC1(C)CCN(C(=O)c2ccc(Cl)cn2)CC1. The monoisotopic (exact) mass is 267 g/mol. The van der Waals surface area contributed by atoms with Crippen molar-refractivity contribution >= 4 is 17.5 Å². The average molecular weight is 268 g/mol. The van der Waals surface area contributed by atoms with Crippen LogP contribution in [0.25, 0.3) is 0 Å². The molecule has 0 radical (unpaired) electrons. The van der Waals surface area contributed by atoms with E-state index in [1.54, 1.807) is 12.1 Å². The fourth-order valence-electron chi connectivity index (χ4n) is 2.12. The highest BCUT2D eigenvalue weighted by molar-refractivity contribution is 6.30. The standard InChI is InChI=1S/C13H18ClN3O/c1-13(15-2)5-7-17(8-6-13)12(18)11-4-3-10(14)9-16-11/h3-4,9,15H,5-8H2,1-2H3. The number of hydrogen-bond donors (Lipinski definition) is 1. The Kier molecular flexibility index (Phi) is 3.88. The minimum atomic E-state index is -0.00943. The average Bonchev–Trinajstić information content (AvgIpc) is 2.40. The first-order valence-corrected chi connectivity index (χ1v) is 6.52. The molecule has 0 bridgehead atoms. The van der Waals surface area contributed by atoms with Gasteiger partial charge in [-0.2, -0.15) is 0 Å². The Bertz CT molecular complexity index is 424. The second-order valence-corrected chi connectivity index (χ2v) is 5.40. The van der Waals surface area contributed by atoms with Gasteiger partial charge in [-0.3, -0.25) is 4.79 Å². The van der Waals surface area contributed by atoms with E-state index in [1.165, 1.54) is 6.20 Å². The Balaban J connectivity index is 2.01. The van der Waals surface area contributed by atoms with Crippen molar-refractivity contribution in [1.82, 2.24) is 15.2 Å². The molecule has 2 heterocycles. The third-order valence-electron chi connectivity index (χ3n) is 3.70. The van der Waals surface area contributed by atoms with Crippen molar-refractivity contribution in [1.29, 1.82) is 0 Å². The number of aromatic nitrogens is 1. The van der Waals surface area contributed by atoms with Crippen LogP contribution in [-0.2, 0) is 0 Å². The molecule has 0 saturated carbocycles. The van der Waals surface area contributed by atoms with Crippen molar-refractivity contribution in [2.45, 2.75) is 25.3 Å². The Morgan fingerprint density at radius 1 is 1.44 bits per heavy atom. The minimum Gasteiger partial charge on any atom is -0.337 e. The number of nitrogens with one attached hydrogen (secondary N) is 1. The number of nitrogens with zero attached hydrogens (tertiary/aromatic N) is 2. The molecule has 0 unspecified atom stereocenters. The van der Waals surface area contributed by atoms with Gasteiger partial charge >= 0.3 is 0 Å². The summed E-state index contributed by atoms with van der Waals surface area (Å²) in [4.78, 5) is 18.1. The van der Waals surface area contributed by atoms with Crippen molar-refractivity contribution in [3.8, 4) is 0 Å². The van der Waals surface area contributed by atoms with Gasteiger partial charge in [0.2, 0.25) is 0 Å². The van der Waals surface area contributed by atoms with Gasteiger partial charge in [-0.1, -0.05) is 11.6 Å². The molecule has 1 amide bonds. The first-order valence-electron chi connectivity index (χ1n) is 6.14. The number of piperidine rings is 1. The third kappa shape index (κ3) is 2.82. The molecule has 1 aromatic heterocycles. The number of carbonyl (C=O) groups excluding carboxylic acids is 1. The summed E-state index contributed by atoms with van der Waals surface area (Å²) in [6.07, 6.45) is 3.43. The highest BCUT2D eigenvalue weighted by Crippen LogP contribution is 2.22. The zero-order valence-electron chi connectivity index (χ0n) is 10.7. The van der Waals surface area contributed by atoms with Crippen LogP contribution in [0.1, 0.15) is 30.3 Å². The van der Waals surface area contributed by atoms with Crippen LogP contribution < -0.4 is 5.32 Å². The lowest BCUT2D eigenvalue weighted by Crippen LogP contribution is -2.51. The molecule has 2 rings (SSSR count). The number of amides is 1.